The van der Waals surface area contributed by atoms with E-state index < -0.39 is 0 Å². The van der Waals surface area contributed by atoms with Crippen LogP contribution >= 0.6 is 0 Å². The Morgan fingerprint density at radius 3 is 3.00 bits per heavy atom. The van der Waals surface area contributed by atoms with Crippen molar-refractivity contribution in [3.05, 3.63) is 54.0 Å². The molecule has 1 fully saturated rings. The first kappa shape index (κ1) is 14.1. The van der Waals surface area contributed by atoms with Gasteiger partial charge in [-0.1, -0.05) is 18.2 Å². The standard InChI is InChI=1S/C18H19N3O2/c1-13-15-7-2-3-8-16(15)23-17(13)18(22)21-11-4-6-14(21)12-20-10-5-9-19-20/h2-3,5,7-10,14H,4,6,11-12H2,1H3/t14-/m1/s1. The number of nitrogens with zero attached hydrogens (tertiary/aromatic N) is 3. The van der Waals surface area contributed by atoms with Crippen molar-refractivity contribution in [3.63, 3.8) is 0 Å². The second kappa shape index (κ2) is 5.57. The second-order valence-electron chi connectivity index (χ2n) is 6.08. The lowest BCUT2D eigenvalue weighted by Crippen LogP contribution is -2.38. The Kier molecular flexibility index (Phi) is 3.41. The molecule has 118 valence electrons. The van der Waals surface area contributed by atoms with Crippen LogP contribution in [0.5, 0.6) is 0 Å². The van der Waals surface area contributed by atoms with Gasteiger partial charge >= 0.3 is 0 Å². The molecule has 0 bridgehead atoms. The Morgan fingerprint density at radius 1 is 1.35 bits per heavy atom. The second-order valence-corrected chi connectivity index (χ2v) is 6.08. The molecule has 1 amide bonds. The molecule has 1 aromatic carbocycles. The molecular weight excluding hydrogens is 290 g/mol. The summed E-state index contributed by atoms with van der Waals surface area (Å²) in [5.74, 6) is 0.465. The van der Waals surface area contributed by atoms with Gasteiger partial charge in [-0.25, -0.2) is 0 Å². The zero-order valence-corrected chi connectivity index (χ0v) is 13.1. The van der Waals surface area contributed by atoms with Crippen molar-refractivity contribution in [2.24, 2.45) is 0 Å². The van der Waals surface area contributed by atoms with Crippen molar-refractivity contribution < 1.29 is 9.21 Å². The van der Waals surface area contributed by atoms with Crippen LogP contribution in [-0.4, -0.2) is 33.2 Å². The predicted molar refractivity (Wildman–Crippen MR) is 87.2 cm³/mol. The molecule has 0 spiro atoms. The lowest BCUT2D eigenvalue weighted by Gasteiger charge is -2.24. The van der Waals surface area contributed by atoms with Crippen LogP contribution in [0.25, 0.3) is 11.0 Å². The number of carbonyl (C=O) groups excluding carboxylic acids is 1. The average molecular weight is 309 g/mol. The number of furan rings is 1. The summed E-state index contributed by atoms with van der Waals surface area (Å²) in [7, 11) is 0. The minimum absolute atomic E-state index is 0.00615. The highest BCUT2D eigenvalue weighted by atomic mass is 16.3. The lowest BCUT2D eigenvalue weighted by atomic mass is 10.1. The van der Waals surface area contributed by atoms with E-state index in [1.54, 1.807) is 6.20 Å². The average Bonchev–Trinajstić information content (AvgIpc) is 3.29. The van der Waals surface area contributed by atoms with Gasteiger partial charge in [0.05, 0.1) is 12.6 Å². The number of para-hydroxylation sites is 1. The monoisotopic (exact) mass is 309 g/mol. The third-order valence-corrected chi connectivity index (χ3v) is 4.63. The van der Waals surface area contributed by atoms with Gasteiger partial charge < -0.3 is 9.32 Å². The summed E-state index contributed by atoms with van der Waals surface area (Å²) < 4.78 is 7.73. The van der Waals surface area contributed by atoms with Gasteiger partial charge in [-0.3, -0.25) is 9.48 Å². The van der Waals surface area contributed by atoms with E-state index in [1.807, 2.05) is 53.0 Å². The Hall–Kier alpha value is -2.56. The summed E-state index contributed by atoms with van der Waals surface area (Å²) >= 11 is 0. The van der Waals surface area contributed by atoms with Crippen LogP contribution in [0.3, 0.4) is 0 Å². The molecule has 5 heteroatoms. The zero-order valence-electron chi connectivity index (χ0n) is 13.1. The van der Waals surface area contributed by atoms with Gasteiger partial charge in [-0.15, -0.1) is 0 Å². The molecule has 0 unspecified atom stereocenters. The van der Waals surface area contributed by atoms with Crippen molar-refractivity contribution in [2.45, 2.75) is 32.4 Å². The van der Waals surface area contributed by atoms with Gasteiger partial charge in [0, 0.05) is 29.9 Å². The minimum atomic E-state index is -0.00615. The molecule has 0 radical (unpaired) electrons. The van der Waals surface area contributed by atoms with Crippen molar-refractivity contribution in [1.82, 2.24) is 14.7 Å². The summed E-state index contributed by atoms with van der Waals surface area (Å²) in [5, 5.41) is 5.27. The minimum Gasteiger partial charge on any atom is -0.451 e. The van der Waals surface area contributed by atoms with Gasteiger partial charge in [0.15, 0.2) is 5.76 Å². The van der Waals surface area contributed by atoms with E-state index in [2.05, 4.69) is 5.10 Å². The van der Waals surface area contributed by atoms with Gasteiger partial charge in [0.2, 0.25) is 0 Å². The summed E-state index contributed by atoms with van der Waals surface area (Å²) in [6.07, 6.45) is 5.74. The molecule has 0 saturated carbocycles. The number of aromatic nitrogens is 2. The Morgan fingerprint density at radius 2 is 2.22 bits per heavy atom. The normalized spacial score (nSPS) is 18.0. The fraction of sp³-hybridized carbons (Fsp3) is 0.333. The van der Waals surface area contributed by atoms with Crippen LogP contribution in [0, 0.1) is 6.92 Å². The lowest BCUT2D eigenvalue weighted by molar-refractivity contribution is 0.0690. The van der Waals surface area contributed by atoms with Crippen LogP contribution in [0.4, 0.5) is 0 Å². The predicted octanol–water partition coefficient (Wildman–Crippen LogP) is 3.24. The maximum atomic E-state index is 13.0. The molecule has 0 N–H and O–H groups in total. The van der Waals surface area contributed by atoms with Crippen LogP contribution in [0.1, 0.15) is 29.0 Å². The number of carbonyl (C=O) groups is 1. The number of hydrogen-bond donors (Lipinski definition) is 0. The van der Waals surface area contributed by atoms with Crippen LogP contribution < -0.4 is 0 Å². The molecule has 2 aromatic heterocycles. The van der Waals surface area contributed by atoms with Gasteiger partial charge in [0.25, 0.3) is 5.91 Å². The van der Waals surface area contributed by atoms with Crippen molar-refractivity contribution in [3.8, 4) is 0 Å². The number of fused-ring (bicyclic) bond motifs is 1. The zero-order chi connectivity index (χ0) is 15.8. The maximum absolute atomic E-state index is 13.0. The third-order valence-electron chi connectivity index (χ3n) is 4.63. The first-order valence-corrected chi connectivity index (χ1v) is 8.00. The topological polar surface area (TPSA) is 51.3 Å². The van der Waals surface area contributed by atoms with Gasteiger partial charge in [-0.05, 0) is 31.9 Å². The molecule has 0 aliphatic carbocycles. The first-order chi connectivity index (χ1) is 11.2. The van der Waals surface area contributed by atoms with E-state index in [0.717, 1.165) is 42.5 Å². The highest BCUT2D eigenvalue weighted by Crippen LogP contribution is 2.28. The number of aryl methyl sites for hydroxylation is 1. The quantitative estimate of drug-likeness (QED) is 0.746. The fourth-order valence-electron chi connectivity index (χ4n) is 3.43. The molecule has 1 aliphatic heterocycles. The molecule has 23 heavy (non-hydrogen) atoms. The van der Waals surface area contributed by atoms with E-state index in [9.17, 15) is 4.79 Å². The van der Waals surface area contributed by atoms with Crippen molar-refractivity contribution in [1.29, 1.82) is 0 Å². The SMILES string of the molecule is Cc1c(C(=O)N2CCC[C@@H]2Cn2cccn2)oc2ccccc12. The van der Waals surface area contributed by atoms with Gasteiger partial charge in [0.1, 0.15) is 5.58 Å². The third kappa shape index (κ3) is 2.42. The van der Waals surface area contributed by atoms with Crippen LogP contribution in [0.15, 0.2) is 47.1 Å². The maximum Gasteiger partial charge on any atom is 0.290 e. The number of benzene rings is 1. The molecule has 1 saturated heterocycles. The molecule has 3 heterocycles. The molecule has 5 nitrogen and oxygen atoms in total. The molecule has 1 atom stereocenters. The summed E-state index contributed by atoms with van der Waals surface area (Å²) in [5.41, 5.74) is 1.70. The first-order valence-electron chi connectivity index (χ1n) is 8.00. The number of rotatable bonds is 3. The van der Waals surface area contributed by atoms with Crippen molar-refractivity contribution in [2.75, 3.05) is 6.54 Å². The van der Waals surface area contributed by atoms with Crippen LogP contribution in [-0.2, 0) is 6.54 Å². The molecule has 3 aromatic rings. The van der Waals surface area contributed by atoms with Crippen molar-refractivity contribution >= 4 is 16.9 Å². The van der Waals surface area contributed by atoms with E-state index in [1.165, 1.54) is 0 Å². The van der Waals surface area contributed by atoms with E-state index >= 15 is 0 Å². The highest BCUT2D eigenvalue weighted by Gasteiger charge is 2.32. The van der Waals surface area contributed by atoms with E-state index in [-0.39, 0.29) is 11.9 Å². The van der Waals surface area contributed by atoms with E-state index in [0.29, 0.717) is 5.76 Å². The summed E-state index contributed by atoms with van der Waals surface area (Å²) in [6.45, 7) is 3.47. The number of amides is 1. The summed E-state index contributed by atoms with van der Waals surface area (Å²) in [4.78, 5) is 14.9. The fourth-order valence-corrected chi connectivity index (χ4v) is 3.43. The largest absolute Gasteiger partial charge is 0.451 e. The molecule has 1 aliphatic rings. The Balaban J connectivity index is 1.63. The van der Waals surface area contributed by atoms with E-state index in [4.69, 9.17) is 4.42 Å². The molecule has 4 rings (SSSR count). The molecular formula is C18H19N3O2. The van der Waals surface area contributed by atoms with Crippen LogP contribution in [0.2, 0.25) is 0 Å². The summed E-state index contributed by atoms with van der Waals surface area (Å²) in [6, 6.07) is 9.88. The highest BCUT2D eigenvalue weighted by molar-refractivity contribution is 5.99. The Bertz CT molecular complexity index is 835. The number of hydrogen-bond acceptors (Lipinski definition) is 3. The smallest absolute Gasteiger partial charge is 0.290 e. The Labute approximate surface area is 134 Å². The number of likely N-dealkylation sites (tertiary alicyclic amines) is 1. The van der Waals surface area contributed by atoms with Gasteiger partial charge in [-0.2, -0.15) is 5.10 Å².